The molecule has 0 unspecified atom stereocenters. The monoisotopic (exact) mass is 374 g/mol. The van der Waals surface area contributed by atoms with Crippen LogP contribution in [-0.4, -0.2) is 55.0 Å². The van der Waals surface area contributed by atoms with Gasteiger partial charge in [-0.2, -0.15) is 5.26 Å². The van der Waals surface area contributed by atoms with E-state index in [-0.39, 0.29) is 5.91 Å². The van der Waals surface area contributed by atoms with Crippen molar-refractivity contribution in [2.75, 3.05) is 44.6 Å². The van der Waals surface area contributed by atoms with E-state index in [0.29, 0.717) is 12.1 Å². The van der Waals surface area contributed by atoms with Crippen LogP contribution in [0.3, 0.4) is 0 Å². The Morgan fingerprint density at radius 1 is 1.12 bits per heavy atom. The number of hydrogen-bond acceptors (Lipinski definition) is 5. The lowest BCUT2D eigenvalue weighted by Crippen LogP contribution is -2.48. The predicted octanol–water partition coefficient (Wildman–Crippen LogP) is 3.24. The van der Waals surface area contributed by atoms with Crippen molar-refractivity contribution in [3.63, 3.8) is 0 Å². The first kappa shape index (κ1) is 19.3. The molecule has 5 nitrogen and oxygen atoms in total. The second-order valence-electron chi connectivity index (χ2n) is 7.40. The number of fused-ring (bicyclic) bond motifs is 1. The van der Waals surface area contributed by atoms with Crippen molar-refractivity contribution in [3.05, 3.63) is 16.0 Å². The average molecular weight is 375 g/mol. The number of anilines is 1. The second kappa shape index (κ2) is 9.50. The van der Waals surface area contributed by atoms with E-state index in [1.165, 1.54) is 36.1 Å². The lowest BCUT2D eigenvalue weighted by Gasteiger charge is -2.34. The molecular weight excluding hydrogens is 344 g/mol. The maximum Gasteiger partial charge on any atom is 0.239 e. The summed E-state index contributed by atoms with van der Waals surface area (Å²) in [6, 6.07) is 2.36. The lowest BCUT2D eigenvalue weighted by molar-refractivity contribution is -0.117. The summed E-state index contributed by atoms with van der Waals surface area (Å²) in [6.45, 7) is 7.74. The van der Waals surface area contributed by atoms with Gasteiger partial charge in [0, 0.05) is 31.1 Å². The fourth-order valence-electron chi connectivity index (χ4n) is 3.98. The molecular formula is C20H30N4OS. The van der Waals surface area contributed by atoms with E-state index >= 15 is 0 Å². The third kappa shape index (κ3) is 4.85. The fourth-order valence-corrected chi connectivity index (χ4v) is 5.24. The van der Waals surface area contributed by atoms with E-state index in [1.807, 2.05) is 0 Å². The van der Waals surface area contributed by atoms with Crippen LogP contribution in [0.15, 0.2) is 0 Å². The zero-order chi connectivity index (χ0) is 18.4. The van der Waals surface area contributed by atoms with Gasteiger partial charge in [0.15, 0.2) is 0 Å². The van der Waals surface area contributed by atoms with Crippen molar-refractivity contribution in [2.24, 2.45) is 0 Å². The van der Waals surface area contributed by atoms with Crippen LogP contribution in [-0.2, 0) is 17.6 Å². The highest BCUT2D eigenvalue weighted by Crippen LogP contribution is 2.36. The number of carbonyl (C=O) groups is 1. The maximum absolute atomic E-state index is 12.5. The summed E-state index contributed by atoms with van der Waals surface area (Å²) in [5.74, 6) is 0.0136. The fraction of sp³-hybridized carbons (Fsp3) is 0.700. The molecule has 1 fully saturated rings. The molecule has 0 aromatic carbocycles. The van der Waals surface area contributed by atoms with Crippen molar-refractivity contribution in [1.82, 2.24) is 9.80 Å². The first-order valence-corrected chi connectivity index (χ1v) is 10.8. The van der Waals surface area contributed by atoms with Crippen LogP contribution in [0.25, 0.3) is 0 Å². The highest BCUT2D eigenvalue weighted by atomic mass is 32.1. The van der Waals surface area contributed by atoms with Gasteiger partial charge >= 0.3 is 0 Å². The van der Waals surface area contributed by atoms with Gasteiger partial charge in [-0.15, -0.1) is 11.3 Å². The van der Waals surface area contributed by atoms with Gasteiger partial charge in [-0.3, -0.25) is 9.69 Å². The lowest BCUT2D eigenvalue weighted by atomic mass is 9.97. The zero-order valence-corrected chi connectivity index (χ0v) is 16.7. The van der Waals surface area contributed by atoms with Gasteiger partial charge in [0.2, 0.25) is 5.91 Å². The molecule has 0 radical (unpaired) electrons. The third-order valence-electron chi connectivity index (χ3n) is 5.41. The first-order valence-electron chi connectivity index (χ1n) is 10.0. The molecule has 1 aromatic rings. The largest absolute Gasteiger partial charge is 0.315 e. The van der Waals surface area contributed by atoms with Gasteiger partial charge in [0.25, 0.3) is 0 Å². The normalized spacial score (nSPS) is 19.2. The quantitative estimate of drug-likeness (QED) is 0.859. The number of carbonyl (C=O) groups excluding carboxylic acids is 1. The number of thiophene rings is 1. The Balaban J connectivity index is 1.59. The molecule has 142 valence electrons. The third-order valence-corrected chi connectivity index (χ3v) is 6.62. The topological polar surface area (TPSA) is 59.4 Å². The minimum atomic E-state index is 0.0136. The number of nitriles is 1. The summed E-state index contributed by atoms with van der Waals surface area (Å²) in [5.41, 5.74) is 1.91. The molecule has 26 heavy (non-hydrogen) atoms. The summed E-state index contributed by atoms with van der Waals surface area (Å²) in [4.78, 5) is 18.5. The number of nitrogens with zero attached hydrogens (tertiary/aromatic N) is 3. The van der Waals surface area contributed by atoms with Crippen LogP contribution in [0.1, 0.15) is 55.0 Å². The first-order chi connectivity index (χ1) is 12.7. The standard InChI is InChI=1S/C20H30N4OS/c1-2-9-23-10-12-24(13-11-23)15-19(25)22-20-17(14-21)16-7-5-3-4-6-8-18(16)26-20/h2-13,15H2,1H3,(H,22,25). The van der Waals surface area contributed by atoms with Crippen LogP contribution in [0.5, 0.6) is 0 Å². The molecule has 0 saturated carbocycles. The molecule has 1 aliphatic heterocycles. The summed E-state index contributed by atoms with van der Waals surface area (Å²) in [7, 11) is 0. The molecule has 0 bridgehead atoms. The van der Waals surface area contributed by atoms with Crippen molar-refractivity contribution >= 4 is 22.2 Å². The smallest absolute Gasteiger partial charge is 0.239 e. The van der Waals surface area contributed by atoms with Crippen molar-refractivity contribution < 1.29 is 4.79 Å². The van der Waals surface area contributed by atoms with E-state index in [9.17, 15) is 10.1 Å². The van der Waals surface area contributed by atoms with E-state index in [1.54, 1.807) is 11.3 Å². The minimum Gasteiger partial charge on any atom is -0.315 e. The van der Waals surface area contributed by atoms with Crippen LogP contribution in [0, 0.1) is 11.3 Å². The van der Waals surface area contributed by atoms with E-state index in [4.69, 9.17) is 0 Å². The summed E-state index contributed by atoms with van der Waals surface area (Å²) in [5, 5.41) is 13.4. The number of piperazine rings is 1. The van der Waals surface area contributed by atoms with Gasteiger partial charge in [-0.1, -0.05) is 19.8 Å². The number of amides is 1. The molecule has 1 N–H and O–H groups in total. The van der Waals surface area contributed by atoms with Crippen molar-refractivity contribution in [1.29, 1.82) is 5.26 Å². The maximum atomic E-state index is 12.5. The van der Waals surface area contributed by atoms with E-state index in [0.717, 1.165) is 57.0 Å². The SMILES string of the molecule is CCCN1CCN(CC(=O)Nc2sc3c(c2C#N)CCCCCC3)CC1. The molecule has 1 amide bonds. The molecule has 2 heterocycles. The van der Waals surface area contributed by atoms with Crippen molar-refractivity contribution in [3.8, 4) is 6.07 Å². The molecule has 1 saturated heterocycles. The average Bonchev–Trinajstić information content (AvgIpc) is 2.92. The Kier molecular flexibility index (Phi) is 7.07. The molecule has 0 atom stereocenters. The second-order valence-corrected chi connectivity index (χ2v) is 8.51. The van der Waals surface area contributed by atoms with Gasteiger partial charge < -0.3 is 10.2 Å². The van der Waals surface area contributed by atoms with Crippen LogP contribution >= 0.6 is 11.3 Å². The minimum absolute atomic E-state index is 0.0136. The molecule has 2 aliphatic rings. The Morgan fingerprint density at radius 2 is 1.81 bits per heavy atom. The Bertz CT molecular complexity index is 656. The summed E-state index contributed by atoms with van der Waals surface area (Å²) >= 11 is 1.63. The molecule has 3 rings (SSSR count). The van der Waals surface area contributed by atoms with E-state index < -0.39 is 0 Å². The predicted molar refractivity (Wildman–Crippen MR) is 107 cm³/mol. The van der Waals surface area contributed by atoms with Crippen LogP contribution in [0.2, 0.25) is 0 Å². The van der Waals surface area contributed by atoms with Gasteiger partial charge in [0.1, 0.15) is 11.1 Å². The number of hydrogen-bond donors (Lipinski definition) is 1. The van der Waals surface area contributed by atoms with E-state index in [2.05, 4.69) is 28.1 Å². The van der Waals surface area contributed by atoms with Crippen molar-refractivity contribution in [2.45, 2.75) is 51.9 Å². The highest BCUT2D eigenvalue weighted by molar-refractivity contribution is 7.16. The molecule has 1 aromatic heterocycles. The van der Waals surface area contributed by atoms with Gasteiger partial charge in [-0.05, 0) is 44.2 Å². The summed E-state index contributed by atoms with van der Waals surface area (Å²) < 4.78 is 0. The molecule has 1 aliphatic carbocycles. The van der Waals surface area contributed by atoms with Gasteiger partial charge in [0.05, 0.1) is 12.1 Å². The Morgan fingerprint density at radius 3 is 2.50 bits per heavy atom. The van der Waals surface area contributed by atoms with Gasteiger partial charge in [-0.25, -0.2) is 0 Å². The molecule has 0 spiro atoms. The van der Waals surface area contributed by atoms with Crippen LogP contribution < -0.4 is 5.32 Å². The number of rotatable bonds is 5. The zero-order valence-electron chi connectivity index (χ0n) is 15.9. The summed E-state index contributed by atoms with van der Waals surface area (Å²) in [6.07, 6.45) is 8.05. The number of nitrogens with one attached hydrogen (secondary N) is 1. The Labute approximate surface area is 161 Å². The van der Waals surface area contributed by atoms with Crippen LogP contribution in [0.4, 0.5) is 5.00 Å². The highest BCUT2D eigenvalue weighted by Gasteiger charge is 2.22. The number of aryl methyl sites for hydroxylation is 1. The molecule has 6 heteroatoms. The Hall–Kier alpha value is -1.42.